The quantitative estimate of drug-likeness (QED) is 0.743. The molecule has 102 valence electrons. The molecule has 0 saturated carbocycles. The van der Waals surface area contributed by atoms with E-state index in [1.165, 1.54) is 11.2 Å². The molecule has 2 aromatic heterocycles. The Labute approximate surface area is 133 Å². The standard InChI is InChI=1S/C13H10BrClN4S/c14-13-4-2-10(20-13)6-17-11-5-9(15)1-3-12(11)19-8-16-7-18-19/h1-5,7-8,17H,6H2. The molecule has 4 nitrogen and oxygen atoms in total. The van der Waals surface area contributed by atoms with E-state index in [0.717, 1.165) is 21.7 Å². The molecule has 0 fully saturated rings. The number of aromatic nitrogens is 3. The van der Waals surface area contributed by atoms with Gasteiger partial charge >= 0.3 is 0 Å². The predicted octanol–water partition coefficient (Wildman–Crippen LogP) is 4.36. The van der Waals surface area contributed by atoms with Crippen LogP contribution >= 0.6 is 38.9 Å². The van der Waals surface area contributed by atoms with Gasteiger partial charge in [0.15, 0.2) is 0 Å². The van der Waals surface area contributed by atoms with Crippen LogP contribution in [-0.2, 0) is 6.54 Å². The molecule has 0 aliphatic heterocycles. The predicted molar refractivity (Wildman–Crippen MR) is 85.7 cm³/mol. The van der Waals surface area contributed by atoms with Gasteiger partial charge in [-0.1, -0.05) is 11.6 Å². The van der Waals surface area contributed by atoms with E-state index in [4.69, 9.17) is 11.6 Å². The average molecular weight is 370 g/mol. The molecule has 0 radical (unpaired) electrons. The Morgan fingerprint density at radius 2 is 2.20 bits per heavy atom. The minimum Gasteiger partial charge on any atom is -0.378 e. The fourth-order valence-corrected chi connectivity index (χ4v) is 3.41. The number of thiophene rings is 1. The number of nitrogens with zero attached hydrogens (tertiary/aromatic N) is 3. The summed E-state index contributed by atoms with van der Waals surface area (Å²) in [6, 6.07) is 9.77. The Morgan fingerprint density at radius 3 is 2.90 bits per heavy atom. The van der Waals surface area contributed by atoms with E-state index >= 15 is 0 Å². The topological polar surface area (TPSA) is 42.7 Å². The summed E-state index contributed by atoms with van der Waals surface area (Å²) in [5.41, 5.74) is 1.84. The maximum absolute atomic E-state index is 6.07. The maximum atomic E-state index is 6.07. The highest BCUT2D eigenvalue weighted by atomic mass is 79.9. The number of halogens is 2. The monoisotopic (exact) mass is 368 g/mol. The largest absolute Gasteiger partial charge is 0.378 e. The van der Waals surface area contributed by atoms with Crippen LogP contribution in [0.3, 0.4) is 0 Å². The minimum atomic E-state index is 0.684. The number of benzene rings is 1. The van der Waals surface area contributed by atoms with E-state index in [1.807, 2.05) is 24.3 Å². The fraction of sp³-hybridized carbons (Fsp3) is 0.0769. The zero-order chi connectivity index (χ0) is 13.9. The third-order valence-corrected chi connectivity index (χ3v) is 4.56. The molecule has 0 spiro atoms. The lowest BCUT2D eigenvalue weighted by molar-refractivity contribution is 0.878. The van der Waals surface area contributed by atoms with Gasteiger partial charge in [0.05, 0.1) is 15.2 Å². The van der Waals surface area contributed by atoms with E-state index in [9.17, 15) is 0 Å². The molecule has 3 rings (SSSR count). The third kappa shape index (κ3) is 3.03. The van der Waals surface area contributed by atoms with Crippen LogP contribution in [-0.4, -0.2) is 14.8 Å². The highest BCUT2D eigenvalue weighted by Gasteiger charge is 2.07. The molecule has 0 aliphatic carbocycles. The van der Waals surface area contributed by atoms with Crippen molar-refractivity contribution in [3.05, 3.63) is 56.7 Å². The molecule has 0 atom stereocenters. The van der Waals surface area contributed by atoms with Crippen LogP contribution in [0.4, 0.5) is 5.69 Å². The summed E-state index contributed by atoms with van der Waals surface area (Å²) in [6.45, 7) is 0.734. The third-order valence-electron chi connectivity index (χ3n) is 2.71. The number of rotatable bonds is 4. The first-order chi connectivity index (χ1) is 9.72. The normalized spacial score (nSPS) is 10.7. The number of hydrogen-bond acceptors (Lipinski definition) is 4. The lowest BCUT2D eigenvalue weighted by atomic mass is 10.2. The van der Waals surface area contributed by atoms with Gasteiger partial charge in [0.2, 0.25) is 0 Å². The summed E-state index contributed by atoms with van der Waals surface area (Å²) in [7, 11) is 0. The molecule has 0 saturated heterocycles. The van der Waals surface area contributed by atoms with Crippen molar-refractivity contribution in [2.75, 3.05) is 5.32 Å². The van der Waals surface area contributed by atoms with Gasteiger partial charge in [-0.25, -0.2) is 9.67 Å². The van der Waals surface area contributed by atoms with E-state index in [2.05, 4.69) is 37.4 Å². The number of nitrogens with one attached hydrogen (secondary N) is 1. The van der Waals surface area contributed by atoms with Crippen LogP contribution < -0.4 is 5.32 Å². The molecule has 1 N–H and O–H groups in total. The Balaban J connectivity index is 1.86. The van der Waals surface area contributed by atoms with E-state index < -0.39 is 0 Å². The smallest absolute Gasteiger partial charge is 0.138 e. The first kappa shape index (κ1) is 13.6. The maximum Gasteiger partial charge on any atom is 0.138 e. The Morgan fingerprint density at radius 1 is 1.30 bits per heavy atom. The van der Waals surface area contributed by atoms with Crippen LogP contribution in [0, 0.1) is 0 Å². The summed E-state index contributed by atoms with van der Waals surface area (Å²) < 4.78 is 2.83. The van der Waals surface area contributed by atoms with Gasteiger partial charge in [0.25, 0.3) is 0 Å². The van der Waals surface area contributed by atoms with Crippen molar-refractivity contribution in [1.82, 2.24) is 14.8 Å². The molecular formula is C13H10BrClN4S. The van der Waals surface area contributed by atoms with E-state index in [0.29, 0.717) is 5.02 Å². The molecule has 20 heavy (non-hydrogen) atoms. The molecule has 3 aromatic rings. The van der Waals surface area contributed by atoms with Crippen molar-refractivity contribution in [2.24, 2.45) is 0 Å². The zero-order valence-electron chi connectivity index (χ0n) is 10.3. The van der Waals surface area contributed by atoms with Gasteiger partial charge in [-0.15, -0.1) is 11.3 Å². The first-order valence-corrected chi connectivity index (χ1v) is 7.84. The van der Waals surface area contributed by atoms with Crippen LogP contribution in [0.25, 0.3) is 5.69 Å². The van der Waals surface area contributed by atoms with Crippen molar-refractivity contribution in [2.45, 2.75) is 6.54 Å². The highest BCUT2D eigenvalue weighted by molar-refractivity contribution is 9.11. The molecular weight excluding hydrogens is 360 g/mol. The van der Waals surface area contributed by atoms with Crippen LogP contribution in [0.1, 0.15) is 4.88 Å². The molecule has 0 unspecified atom stereocenters. The van der Waals surface area contributed by atoms with Crippen molar-refractivity contribution >= 4 is 44.6 Å². The number of hydrogen-bond donors (Lipinski definition) is 1. The van der Waals surface area contributed by atoms with Gasteiger partial charge in [0, 0.05) is 16.4 Å². The summed E-state index contributed by atoms with van der Waals surface area (Å²) in [5, 5.41) is 8.23. The second kappa shape index (κ2) is 5.95. The van der Waals surface area contributed by atoms with Gasteiger partial charge in [-0.05, 0) is 46.3 Å². The second-order valence-electron chi connectivity index (χ2n) is 4.06. The Bertz CT molecular complexity index is 711. The summed E-state index contributed by atoms with van der Waals surface area (Å²) in [5.74, 6) is 0. The summed E-state index contributed by atoms with van der Waals surface area (Å²) in [6.07, 6.45) is 3.17. The second-order valence-corrected chi connectivity index (χ2v) is 7.04. The minimum absolute atomic E-state index is 0.684. The highest BCUT2D eigenvalue weighted by Crippen LogP contribution is 2.26. The summed E-state index contributed by atoms with van der Waals surface area (Å²) >= 11 is 11.2. The zero-order valence-corrected chi connectivity index (χ0v) is 13.4. The Hall–Kier alpha value is -1.37. The van der Waals surface area contributed by atoms with E-state index in [-0.39, 0.29) is 0 Å². The summed E-state index contributed by atoms with van der Waals surface area (Å²) in [4.78, 5) is 5.21. The number of anilines is 1. The van der Waals surface area contributed by atoms with E-state index in [1.54, 1.807) is 22.3 Å². The van der Waals surface area contributed by atoms with Crippen LogP contribution in [0.2, 0.25) is 5.02 Å². The van der Waals surface area contributed by atoms with Crippen LogP contribution in [0.15, 0.2) is 46.8 Å². The molecule has 7 heteroatoms. The van der Waals surface area contributed by atoms with Crippen molar-refractivity contribution in [3.8, 4) is 5.69 Å². The molecule has 0 aliphatic rings. The first-order valence-electron chi connectivity index (χ1n) is 5.85. The van der Waals surface area contributed by atoms with Crippen molar-refractivity contribution < 1.29 is 0 Å². The van der Waals surface area contributed by atoms with Gasteiger partial charge < -0.3 is 5.32 Å². The molecule has 0 amide bonds. The van der Waals surface area contributed by atoms with Crippen LogP contribution in [0.5, 0.6) is 0 Å². The Kier molecular flexibility index (Phi) is 4.05. The molecule has 2 heterocycles. The lowest BCUT2D eigenvalue weighted by Crippen LogP contribution is -2.04. The average Bonchev–Trinajstić information content (AvgIpc) is 3.08. The van der Waals surface area contributed by atoms with Gasteiger partial charge in [-0.3, -0.25) is 0 Å². The van der Waals surface area contributed by atoms with Crippen molar-refractivity contribution in [3.63, 3.8) is 0 Å². The molecule has 1 aromatic carbocycles. The SMILES string of the molecule is Clc1ccc(-n2cncn2)c(NCc2ccc(Br)s2)c1. The van der Waals surface area contributed by atoms with Gasteiger partial charge in [-0.2, -0.15) is 5.10 Å². The van der Waals surface area contributed by atoms with Crippen molar-refractivity contribution in [1.29, 1.82) is 0 Å². The fourth-order valence-electron chi connectivity index (χ4n) is 1.81. The molecule has 0 bridgehead atoms. The lowest BCUT2D eigenvalue weighted by Gasteiger charge is -2.11. The van der Waals surface area contributed by atoms with Gasteiger partial charge in [0.1, 0.15) is 12.7 Å².